The quantitative estimate of drug-likeness (QED) is 0.331. The van der Waals surface area contributed by atoms with E-state index < -0.39 is 20.0 Å². The molecular weight excluding hydrogens is 561 g/mol. The molecule has 0 bridgehead atoms. The number of aryl methyl sites for hydroxylation is 1. The summed E-state index contributed by atoms with van der Waals surface area (Å²) in [6.07, 6.45) is 0. The van der Waals surface area contributed by atoms with Crippen LogP contribution in [0.4, 0.5) is 0 Å². The number of hydrogen-bond acceptors (Lipinski definition) is 5. The number of hydrogen-bond donors (Lipinski definition) is 0. The first kappa shape index (κ1) is 22.9. The van der Waals surface area contributed by atoms with Crippen molar-refractivity contribution in [2.24, 2.45) is 0 Å². The molecule has 0 N–H and O–H groups in total. The lowest BCUT2D eigenvalue weighted by Gasteiger charge is -2.13. The van der Waals surface area contributed by atoms with E-state index in [2.05, 4.69) is 4.98 Å². The highest BCUT2D eigenvalue weighted by molar-refractivity contribution is 14.1. The maximum Gasteiger partial charge on any atom is 0.269 e. The highest BCUT2D eigenvalue weighted by atomic mass is 127. The summed E-state index contributed by atoms with van der Waals surface area (Å²) in [5.74, 6) is 0. The Balaban J connectivity index is 1.82. The van der Waals surface area contributed by atoms with Gasteiger partial charge < -0.3 is 0 Å². The number of nitrogens with zero attached hydrogens (tertiary/aromatic N) is 3. The predicted octanol–water partition coefficient (Wildman–Crippen LogP) is 4.10. The van der Waals surface area contributed by atoms with Crippen LogP contribution in [0.25, 0.3) is 22.3 Å². The van der Waals surface area contributed by atoms with Crippen LogP contribution in [0.3, 0.4) is 0 Å². The SMILES string of the molecule is Cc1cc(S(=O)(=O)N(C)C)ccc1-c1ccc2c(cc(I)n2S(=O)(=O)c2ccccc2)n1. The summed E-state index contributed by atoms with van der Waals surface area (Å²) in [4.78, 5) is 5.08. The summed E-state index contributed by atoms with van der Waals surface area (Å²) in [6, 6.07) is 18.4. The molecule has 2 heterocycles. The molecule has 166 valence electrons. The van der Waals surface area contributed by atoms with Gasteiger partial charge in [-0.15, -0.1) is 0 Å². The number of pyridine rings is 1. The van der Waals surface area contributed by atoms with Crippen molar-refractivity contribution in [2.45, 2.75) is 16.7 Å². The molecular formula is C22H20IN3O4S2. The molecule has 0 aliphatic carbocycles. The highest BCUT2D eigenvalue weighted by Crippen LogP contribution is 2.30. The molecule has 0 spiro atoms. The van der Waals surface area contributed by atoms with Gasteiger partial charge in [-0.05, 0) is 77.5 Å². The van der Waals surface area contributed by atoms with E-state index in [9.17, 15) is 16.8 Å². The number of halogens is 1. The second kappa shape index (κ2) is 8.25. The first-order chi connectivity index (χ1) is 15.0. The first-order valence-electron chi connectivity index (χ1n) is 9.55. The van der Waals surface area contributed by atoms with Crippen LogP contribution in [0.5, 0.6) is 0 Å². The number of sulfonamides is 1. The van der Waals surface area contributed by atoms with Crippen molar-refractivity contribution in [1.82, 2.24) is 13.3 Å². The standard InChI is InChI=1S/C22H20IN3O4S2/c1-15-13-17(31(27,28)25(2)3)9-10-18(15)19-11-12-21-20(24-19)14-22(23)26(21)32(29,30)16-7-5-4-6-8-16/h4-14H,1-3H3. The molecule has 2 aromatic heterocycles. The fourth-order valence-electron chi connectivity index (χ4n) is 3.42. The van der Waals surface area contributed by atoms with E-state index >= 15 is 0 Å². The minimum Gasteiger partial charge on any atom is -0.246 e. The summed E-state index contributed by atoms with van der Waals surface area (Å²) in [5.41, 5.74) is 3.18. The van der Waals surface area contributed by atoms with Gasteiger partial charge in [0, 0.05) is 19.7 Å². The molecule has 0 saturated heterocycles. The molecule has 0 radical (unpaired) electrons. The number of benzene rings is 2. The molecule has 0 atom stereocenters. The molecule has 0 amide bonds. The largest absolute Gasteiger partial charge is 0.269 e. The van der Waals surface area contributed by atoms with Crippen molar-refractivity contribution < 1.29 is 16.8 Å². The van der Waals surface area contributed by atoms with Crippen LogP contribution in [-0.4, -0.2) is 44.2 Å². The molecule has 0 saturated carbocycles. The molecule has 0 unspecified atom stereocenters. The molecule has 2 aromatic carbocycles. The second-order valence-electron chi connectivity index (χ2n) is 7.41. The number of aromatic nitrogens is 2. The van der Waals surface area contributed by atoms with E-state index in [1.807, 2.05) is 29.5 Å². The lowest BCUT2D eigenvalue weighted by Crippen LogP contribution is -2.22. The summed E-state index contributed by atoms with van der Waals surface area (Å²) in [5, 5.41) is 0. The van der Waals surface area contributed by atoms with E-state index in [0.717, 1.165) is 11.1 Å². The molecule has 0 aliphatic rings. The summed E-state index contributed by atoms with van der Waals surface area (Å²) < 4.78 is 54.2. The molecule has 0 fully saturated rings. The van der Waals surface area contributed by atoms with Crippen molar-refractivity contribution in [3.8, 4) is 11.3 Å². The molecule has 0 aliphatic heterocycles. The Kier molecular flexibility index (Phi) is 5.90. The molecule has 10 heteroatoms. The Hall–Kier alpha value is -2.28. The van der Waals surface area contributed by atoms with Crippen LogP contribution in [0, 0.1) is 10.6 Å². The third kappa shape index (κ3) is 3.85. The number of fused-ring (bicyclic) bond motifs is 1. The summed E-state index contributed by atoms with van der Waals surface area (Å²) in [7, 11) is -4.33. The highest BCUT2D eigenvalue weighted by Gasteiger charge is 2.23. The molecule has 4 aromatic rings. The zero-order chi connectivity index (χ0) is 23.3. The number of rotatable bonds is 5. The van der Waals surface area contributed by atoms with Gasteiger partial charge in [0.25, 0.3) is 10.0 Å². The van der Waals surface area contributed by atoms with Gasteiger partial charge in [0.1, 0.15) is 0 Å². The lowest BCUT2D eigenvalue weighted by molar-refractivity contribution is 0.520. The van der Waals surface area contributed by atoms with Gasteiger partial charge in [-0.3, -0.25) is 0 Å². The van der Waals surface area contributed by atoms with Crippen LogP contribution in [0.2, 0.25) is 0 Å². The van der Waals surface area contributed by atoms with Crippen LogP contribution in [0.15, 0.2) is 76.5 Å². The van der Waals surface area contributed by atoms with Gasteiger partial charge in [0.15, 0.2) is 0 Å². The Bertz CT molecular complexity index is 1550. The lowest BCUT2D eigenvalue weighted by atomic mass is 10.1. The fourth-order valence-corrected chi connectivity index (χ4v) is 7.15. The third-order valence-electron chi connectivity index (χ3n) is 5.10. The van der Waals surface area contributed by atoms with E-state index in [-0.39, 0.29) is 9.79 Å². The predicted molar refractivity (Wildman–Crippen MR) is 133 cm³/mol. The Morgan fingerprint density at radius 2 is 1.56 bits per heavy atom. The van der Waals surface area contributed by atoms with Gasteiger partial charge in [0.2, 0.25) is 10.0 Å². The van der Waals surface area contributed by atoms with Gasteiger partial charge in [0.05, 0.1) is 30.2 Å². The van der Waals surface area contributed by atoms with Crippen molar-refractivity contribution in [3.05, 3.63) is 76.0 Å². The first-order valence-corrected chi connectivity index (χ1v) is 13.5. The van der Waals surface area contributed by atoms with Crippen molar-refractivity contribution in [3.63, 3.8) is 0 Å². The summed E-state index contributed by atoms with van der Waals surface area (Å²) >= 11 is 1.99. The van der Waals surface area contributed by atoms with E-state index in [1.165, 1.54) is 22.4 Å². The minimum atomic E-state index is -3.77. The maximum absolute atomic E-state index is 13.2. The Labute approximate surface area is 201 Å². The Morgan fingerprint density at radius 1 is 0.875 bits per heavy atom. The normalized spacial score (nSPS) is 12.5. The molecule has 32 heavy (non-hydrogen) atoms. The topological polar surface area (TPSA) is 89.3 Å². The van der Waals surface area contributed by atoms with Crippen LogP contribution < -0.4 is 0 Å². The van der Waals surface area contributed by atoms with Crippen molar-refractivity contribution >= 4 is 53.7 Å². The minimum absolute atomic E-state index is 0.202. The third-order valence-corrected chi connectivity index (χ3v) is 9.78. The van der Waals surface area contributed by atoms with E-state index in [4.69, 9.17) is 0 Å². The van der Waals surface area contributed by atoms with Gasteiger partial charge in [-0.25, -0.2) is 30.1 Å². The zero-order valence-electron chi connectivity index (χ0n) is 17.5. The van der Waals surface area contributed by atoms with E-state index in [0.29, 0.717) is 20.4 Å². The maximum atomic E-state index is 13.2. The van der Waals surface area contributed by atoms with Crippen LogP contribution >= 0.6 is 22.6 Å². The molecule has 4 rings (SSSR count). The van der Waals surface area contributed by atoms with Crippen molar-refractivity contribution in [1.29, 1.82) is 0 Å². The van der Waals surface area contributed by atoms with Crippen LogP contribution in [-0.2, 0) is 20.0 Å². The Morgan fingerprint density at radius 3 is 2.19 bits per heavy atom. The fraction of sp³-hybridized carbons (Fsp3) is 0.136. The molecule has 7 nitrogen and oxygen atoms in total. The van der Waals surface area contributed by atoms with Gasteiger partial charge in [-0.1, -0.05) is 24.3 Å². The van der Waals surface area contributed by atoms with Gasteiger partial charge >= 0.3 is 0 Å². The summed E-state index contributed by atoms with van der Waals surface area (Å²) in [6.45, 7) is 1.82. The van der Waals surface area contributed by atoms with Crippen LogP contribution in [0.1, 0.15) is 5.56 Å². The van der Waals surface area contributed by atoms with E-state index in [1.54, 1.807) is 66.7 Å². The second-order valence-corrected chi connectivity index (χ2v) is 12.5. The van der Waals surface area contributed by atoms with Gasteiger partial charge in [-0.2, -0.15) is 0 Å². The monoisotopic (exact) mass is 581 g/mol. The van der Waals surface area contributed by atoms with Crippen molar-refractivity contribution in [2.75, 3.05) is 14.1 Å². The average Bonchev–Trinajstić information content (AvgIpc) is 3.09. The zero-order valence-corrected chi connectivity index (χ0v) is 21.3. The smallest absolute Gasteiger partial charge is 0.246 e. The average molecular weight is 581 g/mol.